The molecule has 0 atom stereocenters. The SMILES string of the molecule is COc1cc(/C=C2\N=C(c3cccc(Cl)c3)OC2=O)cc(Cl)c1OC. The number of aliphatic imine (C=N–C) groups is 1. The molecule has 1 heterocycles. The quantitative estimate of drug-likeness (QED) is 0.586. The van der Waals surface area contributed by atoms with Gasteiger partial charge in [-0.25, -0.2) is 9.79 Å². The van der Waals surface area contributed by atoms with E-state index in [4.69, 9.17) is 37.4 Å². The monoisotopic (exact) mass is 377 g/mol. The Morgan fingerprint density at radius 1 is 1.12 bits per heavy atom. The molecule has 25 heavy (non-hydrogen) atoms. The summed E-state index contributed by atoms with van der Waals surface area (Å²) in [6, 6.07) is 10.3. The number of hydrogen-bond donors (Lipinski definition) is 0. The molecule has 0 saturated carbocycles. The molecule has 0 spiro atoms. The van der Waals surface area contributed by atoms with Crippen molar-refractivity contribution in [1.82, 2.24) is 0 Å². The van der Waals surface area contributed by atoms with E-state index in [-0.39, 0.29) is 11.6 Å². The smallest absolute Gasteiger partial charge is 0.363 e. The Morgan fingerprint density at radius 2 is 1.92 bits per heavy atom. The summed E-state index contributed by atoms with van der Waals surface area (Å²) in [6.45, 7) is 0. The number of benzene rings is 2. The van der Waals surface area contributed by atoms with Gasteiger partial charge in [-0.15, -0.1) is 0 Å². The number of nitrogens with zero attached hydrogens (tertiary/aromatic N) is 1. The Hall–Kier alpha value is -2.50. The van der Waals surface area contributed by atoms with Gasteiger partial charge in [0.1, 0.15) is 0 Å². The third kappa shape index (κ3) is 3.62. The molecule has 0 aliphatic carbocycles. The van der Waals surface area contributed by atoms with Crippen LogP contribution in [0.5, 0.6) is 11.5 Å². The standard InChI is InChI=1S/C18H13Cl2NO4/c1-23-15-8-10(6-13(20)16(15)24-2)7-14-18(22)25-17(21-14)11-4-3-5-12(19)9-11/h3-9H,1-2H3/b14-7-. The zero-order valence-electron chi connectivity index (χ0n) is 13.4. The third-order valence-electron chi connectivity index (χ3n) is 3.45. The molecule has 0 aromatic heterocycles. The minimum Gasteiger partial charge on any atom is -0.493 e. The second-order valence-corrected chi connectivity index (χ2v) is 5.93. The fraction of sp³-hybridized carbons (Fsp3) is 0.111. The van der Waals surface area contributed by atoms with Crippen LogP contribution in [-0.2, 0) is 9.53 Å². The molecule has 0 saturated heterocycles. The first-order valence-corrected chi connectivity index (χ1v) is 7.97. The molecule has 2 aromatic carbocycles. The van der Waals surface area contributed by atoms with Gasteiger partial charge in [-0.05, 0) is 42.0 Å². The number of hydrogen-bond acceptors (Lipinski definition) is 5. The van der Waals surface area contributed by atoms with Crippen molar-refractivity contribution in [2.45, 2.75) is 0 Å². The van der Waals surface area contributed by atoms with Crippen LogP contribution in [0, 0.1) is 0 Å². The van der Waals surface area contributed by atoms with Gasteiger partial charge in [0.15, 0.2) is 17.2 Å². The molecule has 0 amide bonds. The fourth-order valence-corrected chi connectivity index (χ4v) is 2.82. The fourth-order valence-electron chi connectivity index (χ4n) is 2.33. The first-order valence-electron chi connectivity index (χ1n) is 7.22. The summed E-state index contributed by atoms with van der Waals surface area (Å²) >= 11 is 12.1. The average Bonchev–Trinajstić information content (AvgIpc) is 2.95. The molecule has 1 aliphatic heterocycles. The van der Waals surface area contributed by atoms with Crippen LogP contribution in [0.15, 0.2) is 47.1 Å². The van der Waals surface area contributed by atoms with E-state index in [0.717, 1.165) is 0 Å². The number of rotatable bonds is 4. The molecule has 0 unspecified atom stereocenters. The molecule has 3 rings (SSSR count). The summed E-state index contributed by atoms with van der Waals surface area (Å²) in [6.07, 6.45) is 1.56. The van der Waals surface area contributed by atoms with Crippen molar-refractivity contribution in [2.24, 2.45) is 4.99 Å². The highest BCUT2D eigenvalue weighted by molar-refractivity contribution is 6.32. The average molecular weight is 378 g/mol. The van der Waals surface area contributed by atoms with Crippen LogP contribution in [0.2, 0.25) is 10.0 Å². The first-order chi connectivity index (χ1) is 12.0. The summed E-state index contributed by atoms with van der Waals surface area (Å²) in [5, 5.41) is 0.888. The lowest BCUT2D eigenvalue weighted by Gasteiger charge is -2.10. The zero-order valence-corrected chi connectivity index (χ0v) is 14.9. The van der Waals surface area contributed by atoms with Crippen molar-refractivity contribution in [1.29, 1.82) is 0 Å². The first kappa shape index (κ1) is 17.3. The largest absolute Gasteiger partial charge is 0.493 e. The Balaban J connectivity index is 1.98. The summed E-state index contributed by atoms with van der Waals surface area (Å²) in [7, 11) is 3.00. The highest BCUT2D eigenvalue weighted by atomic mass is 35.5. The third-order valence-corrected chi connectivity index (χ3v) is 3.97. The summed E-state index contributed by atoms with van der Waals surface area (Å²) in [5.74, 6) is 0.516. The molecule has 7 heteroatoms. The lowest BCUT2D eigenvalue weighted by Crippen LogP contribution is -2.05. The molecular formula is C18H13Cl2NO4. The highest BCUT2D eigenvalue weighted by Gasteiger charge is 2.24. The number of methoxy groups -OCH3 is 2. The predicted octanol–water partition coefficient (Wildman–Crippen LogP) is 4.36. The van der Waals surface area contributed by atoms with Crippen LogP contribution in [0.4, 0.5) is 0 Å². The molecular weight excluding hydrogens is 365 g/mol. The van der Waals surface area contributed by atoms with Crippen molar-refractivity contribution in [3.05, 3.63) is 63.3 Å². The second-order valence-electron chi connectivity index (χ2n) is 5.08. The van der Waals surface area contributed by atoms with Crippen LogP contribution in [0.25, 0.3) is 6.08 Å². The topological polar surface area (TPSA) is 57.1 Å². The van der Waals surface area contributed by atoms with Crippen LogP contribution in [-0.4, -0.2) is 26.1 Å². The number of ether oxygens (including phenoxy) is 3. The van der Waals surface area contributed by atoms with Gasteiger partial charge in [0.05, 0.1) is 19.2 Å². The summed E-state index contributed by atoms with van der Waals surface area (Å²) in [4.78, 5) is 16.3. The van der Waals surface area contributed by atoms with E-state index >= 15 is 0 Å². The molecule has 0 N–H and O–H groups in total. The molecule has 0 fully saturated rings. The van der Waals surface area contributed by atoms with E-state index in [0.29, 0.717) is 32.7 Å². The molecule has 128 valence electrons. The number of carbonyl (C=O) groups excluding carboxylic acids is 1. The van der Waals surface area contributed by atoms with E-state index in [1.54, 1.807) is 42.5 Å². The Labute approximate surface area is 154 Å². The van der Waals surface area contributed by atoms with Gasteiger partial charge in [-0.1, -0.05) is 29.3 Å². The predicted molar refractivity (Wildman–Crippen MR) is 96.6 cm³/mol. The molecule has 0 radical (unpaired) electrons. The second kappa shape index (κ2) is 7.17. The van der Waals surface area contributed by atoms with Crippen molar-refractivity contribution in [3.8, 4) is 11.5 Å². The van der Waals surface area contributed by atoms with Gasteiger partial charge in [0.25, 0.3) is 0 Å². The lowest BCUT2D eigenvalue weighted by molar-refractivity contribution is -0.129. The van der Waals surface area contributed by atoms with Crippen LogP contribution in [0.1, 0.15) is 11.1 Å². The molecule has 1 aliphatic rings. The number of esters is 1. The molecule has 0 bridgehead atoms. The number of halogens is 2. The van der Waals surface area contributed by atoms with Gasteiger partial charge >= 0.3 is 5.97 Å². The van der Waals surface area contributed by atoms with Gasteiger partial charge in [0.2, 0.25) is 5.90 Å². The van der Waals surface area contributed by atoms with Crippen molar-refractivity contribution >= 4 is 41.1 Å². The minimum absolute atomic E-state index is 0.151. The van der Waals surface area contributed by atoms with Crippen LogP contribution < -0.4 is 9.47 Å². The molecule has 5 nitrogen and oxygen atoms in total. The number of carbonyl (C=O) groups is 1. The maximum absolute atomic E-state index is 12.1. The summed E-state index contributed by atoms with van der Waals surface area (Å²) < 4.78 is 15.7. The van der Waals surface area contributed by atoms with Crippen LogP contribution >= 0.6 is 23.2 Å². The highest BCUT2D eigenvalue weighted by Crippen LogP contribution is 2.37. The van der Waals surface area contributed by atoms with E-state index in [1.807, 2.05) is 0 Å². The van der Waals surface area contributed by atoms with Gasteiger partial charge in [0, 0.05) is 10.6 Å². The van der Waals surface area contributed by atoms with Gasteiger partial charge in [-0.3, -0.25) is 0 Å². The molecule has 2 aromatic rings. The van der Waals surface area contributed by atoms with E-state index in [1.165, 1.54) is 14.2 Å². The Bertz CT molecular complexity index is 906. The zero-order chi connectivity index (χ0) is 18.0. The summed E-state index contributed by atoms with van der Waals surface area (Å²) in [5.41, 5.74) is 1.40. The van der Waals surface area contributed by atoms with E-state index in [9.17, 15) is 4.79 Å². The van der Waals surface area contributed by atoms with E-state index < -0.39 is 5.97 Å². The normalized spacial score (nSPS) is 15.1. The van der Waals surface area contributed by atoms with Crippen molar-refractivity contribution < 1.29 is 19.0 Å². The van der Waals surface area contributed by atoms with Crippen molar-refractivity contribution in [2.75, 3.05) is 14.2 Å². The Kier molecular flexibility index (Phi) is 4.97. The minimum atomic E-state index is -0.555. The van der Waals surface area contributed by atoms with Gasteiger partial charge < -0.3 is 14.2 Å². The van der Waals surface area contributed by atoms with E-state index in [2.05, 4.69) is 4.99 Å². The maximum Gasteiger partial charge on any atom is 0.363 e. The van der Waals surface area contributed by atoms with Crippen molar-refractivity contribution in [3.63, 3.8) is 0 Å². The van der Waals surface area contributed by atoms with Gasteiger partial charge in [-0.2, -0.15) is 0 Å². The maximum atomic E-state index is 12.1. The lowest BCUT2D eigenvalue weighted by atomic mass is 10.1. The Morgan fingerprint density at radius 3 is 2.60 bits per heavy atom. The number of cyclic esters (lactones) is 1. The van der Waals surface area contributed by atoms with Crippen LogP contribution in [0.3, 0.4) is 0 Å².